The average molecular weight is 324 g/mol. The van der Waals surface area contributed by atoms with Crippen molar-refractivity contribution in [2.75, 3.05) is 6.61 Å². The third-order valence-electron chi connectivity index (χ3n) is 4.59. The Hall–Kier alpha value is -1.21. The normalized spacial score (nSPS) is 25.1. The maximum Gasteiger partial charge on any atom is 0.246 e. The summed E-state index contributed by atoms with van der Waals surface area (Å²) >= 11 is 5.23. The van der Waals surface area contributed by atoms with Gasteiger partial charge in [-0.3, -0.25) is 14.5 Å². The smallest absolute Gasteiger partial charge is 0.246 e. The van der Waals surface area contributed by atoms with Crippen LogP contribution in [-0.4, -0.2) is 33.4 Å². The molecule has 1 heterocycles. The summed E-state index contributed by atoms with van der Waals surface area (Å²) in [4.78, 5) is 12.0. The van der Waals surface area contributed by atoms with Gasteiger partial charge in [0.05, 0.1) is 12.6 Å². The van der Waals surface area contributed by atoms with Gasteiger partial charge < -0.3 is 10.1 Å². The van der Waals surface area contributed by atoms with Crippen LogP contribution < -0.4 is 5.32 Å². The van der Waals surface area contributed by atoms with Gasteiger partial charge >= 0.3 is 0 Å². The number of hydrogen-bond acceptors (Lipinski definition) is 4. The Bertz CT molecular complexity index is 578. The van der Waals surface area contributed by atoms with Crippen molar-refractivity contribution in [3.8, 4) is 0 Å². The molecular formula is C15H24N4O2S. The predicted molar refractivity (Wildman–Crippen MR) is 84.9 cm³/mol. The van der Waals surface area contributed by atoms with Gasteiger partial charge in [0.2, 0.25) is 5.91 Å². The topological polar surface area (TPSA) is 71.9 Å². The molecule has 6 nitrogen and oxygen atoms in total. The number of rotatable bonds is 6. The molecule has 2 atom stereocenters. The fourth-order valence-electron chi connectivity index (χ4n) is 3.11. The van der Waals surface area contributed by atoms with Crippen LogP contribution in [0.3, 0.4) is 0 Å². The van der Waals surface area contributed by atoms with Gasteiger partial charge in [0.15, 0.2) is 10.6 Å². The van der Waals surface area contributed by atoms with E-state index in [1.165, 1.54) is 19.3 Å². The molecule has 0 spiro atoms. The molecule has 2 aliphatic carbocycles. The van der Waals surface area contributed by atoms with Crippen molar-refractivity contribution < 1.29 is 9.53 Å². The lowest BCUT2D eigenvalue weighted by Crippen LogP contribution is -2.33. The highest BCUT2D eigenvalue weighted by Gasteiger charge is 2.27. The van der Waals surface area contributed by atoms with Gasteiger partial charge in [-0.1, -0.05) is 19.8 Å². The van der Waals surface area contributed by atoms with Gasteiger partial charge in [-0.15, -0.1) is 0 Å². The summed E-state index contributed by atoms with van der Waals surface area (Å²) in [5.41, 5.74) is 0. The van der Waals surface area contributed by atoms with E-state index >= 15 is 0 Å². The Labute approximate surface area is 135 Å². The number of ether oxygens (including phenoxy) is 1. The molecule has 2 fully saturated rings. The zero-order chi connectivity index (χ0) is 15.5. The summed E-state index contributed by atoms with van der Waals surface area (Å²) < 4.78 is 8.42. The Morgan fingerprint density at radius 2 is 2.18 bits per heavy atom. The first kappa shape index (κ1) is 15.7. The van der Waals surface area contributed by atoms with E-state index in [1.807, 2.05) is 4.57 Å². The van der Waals surface area contributed by atoms with Crippen LogP contribution in [0.5, 0.6) is 0 Å². The molecule has 22 heavy (non-hydrogen) atoms. The standard InChI is InChI=1S/C15H24N4O2S/c1-10-4-2-3-5-12(10)21-9-14(20)16-8-13-17-18-15(22)19(13)11-6-7-11/h10-12H,2-9H2,1H3,(H,16,20)(H,18,22)/t10-,12+/m1/s1. The molecule has 2 N–H and O–H groups in total. The zero-order valence-electron chi connectivity index (χ0n) is 13.0. The Morgan fingerprint density at radius 3 is 2.91 bits per heavy atom. The third kappa shape index (κ3) is 3.76. The number of aromatic nitrogens is 3. The number of hydrogen-bond donors (Lipinski definition) is 2. The second kappa shape index (κ2) is 6.91. The first-order chi connectivity index (χ1) is 10.6. The van der Waals surface area contributed by atoms with Crippen LogP contribution in [0.1, 0.15) is 57.3 Å². The van der Waals surface area contributed by atoms with E-state index in [-0.39, 0.29) is 18.6 Å². The summed E-state index contributed by atoms with van der Waals surface area (Å²) in [6.07, 6.45) is 7.23. The maximum absolute atomic E-state index is 12.0. The first-order valence-electron chi connectivity index (χ1n) is 8.19. The van der Waals surface area contributed by atoms with Crippen molar-refractivity contribution in [2.45, 2.75) is 64.1 Å². The van der Waals surface area contributed by atoms with Gasteiger partial charge in [0.1, 0.15) is 6.61 Å². The summed E-state index contributed by atoms with van der Waals surface area (Å²) in [6, 6.07) is 0.456. The van der Waals surface area contributed by atoms with E-state index in [0.29, 0.717) is 23.3 Å². The number of carbonyl (C=O) groups is 1. The van der Waals surface area contributed by atoms with Gasteiger partial charge in [-0.05, 0) is 43.8 Å². The van der Waals surface area contributed by atoms with Crippen molar-refractivity contribution in [1.82, 2.24) is 20.1 Å². The van der Waals surface area contributed by atoms with Crippen molar-refractivity contribution in [3.63, 3.8) is 0 Å². The molecule has 0 bridgehead atoms. The molecule has 0 radical (unpaired) electrons. The first-order valence-corrected chi connectivity index (χ1v) is 8.60. The largest absolute Gasteiger partial charge is 0.368 e. The van der Waals surface area contributed by atoms with E-state index < -0.39 is 0 Å². The molecular weight excluding hydrogens is 300 g/mol. The Kier molecular flexibility index (Phi) is 4.93. The minimum Gasteiger partial charge on any atom is -0.368 e. The summed E-state index contributed by atoms with van der Waals surface area (Å²) in [7, 11) is 0. The molecule has 0 aliphatic heterocycles. The molecule has 1 amide bonds. The predicted octanol–water partition coefficient (Wildman–Crippen LogP) is 2.49. The fourth-order valence-corrected chi connectivity index (χ4v) is 3.41. The molecule has 0 aromatic carbocycles. The fraction of sp³-hybridized carbons (Fsp3) is 0.800. The molecule has 0 saturated heterocycles. The highest BCUT2D eigenvalue weighted by molar-refractivity contribution is 7.71. The van der Waals surface area contributed by atoms with Gasteiger partial charge in [0.25, 0.3) is 0 Å². The quantitative estimate of drug-likeness (QED) is 0.789. The molecule has 3 rings (SSSR count). The van der Waals surface area contributed by atoms with E-state index in [4.69, 9.17) is 17.0 Å². The van der Waals surface area contributed by atoms with Gasteiger partial charge in [-0.25, -0.2) is 0 Å². The molecule has 122 valence electrons. The number of aromatic amines is 1. The lowest BCUT2D eigenvalue weighted by atomic mass is 9.88. The van der Waals surface area contributed by atoms with Gasteiger partial charge in [0, 0.05) is 6.04 Å². The Balaban J connectivity index is 1.45. The molecule has 2 saturated carbocycles. The van der Waals surface area contributed by atoms with Crippen molar-refractivity contribution in [1.29, 1.82) is 0 Å². The van der Waals surface area contributed by atoms with Crippen LogP contribution in [0, 0.1) is 10.7 Å². The lowest BCUT2D eigenvalue weighted by Gasteiger charge is -2.28. The van der Waals surface area contributed by atoms with E-state index in [2.05, 4.69) is 22.4 Å². The second-order valence-electron chi connectivity index (χ2n) is 6.43. The van der Waals surface area contributed by atoms with Crippen LogP contribution in [0.4, 0.5) is 0 Å². The van der Waals surface area contributed by atoms with Crippen LogP contribution >= 0.6 is 12.2 Å². The minimum absolute atomic E-state index is 0.0889. The number of amides is 1. The molecule has 7 heteroatoms. The molecule has 2 aliphatic rings. The van der Waals surface area contributed by atoms with Crippen LogP contribution in [0.25, 0.3) is 0 Å². The average Bonchev–Trinajstić information content (AvgIpc) is 3.27. The summed E-state index contributed by atoms with van der Waals surface area (Å²) in [5, 5.41) is 9.88. The number of nitrogens with zero attached hydrogens (tertiary/aromatic N) is 2. The highest BCUT2D eigenvalue weighted by atomic mass is 32.1. The van der Waals surface area contributed by atoms with Gasteiger partial charge in [-0.2, -0.15) is 5.10 Å². The van der Waals surface area contributed by atoms with Crippen LogP contribution in [0.15, 0.2) is 0 Å². The van der Waals surface area contributed by atoms with Crippen LogP contribution in [0.2, 0.25) is 0 Å². The second-order valence-corrected chi connectivity index (χ2v) is 6.82. The minimum atomic E-state index is -0.0889. The number of H-pyrrole nitrogens is 1. The SMILES string of the molecule is C[C@@H]1CCCC[C@@H]1OCC(=O)NCc1n[nH]c(=S)n1C1CC1. The van der Waals surface area contributed by atoms with E-state index in [9.17, 15) is 4.79 Å². The Morgan fingerprint density at radius 1 is 1.41 bits per heavy atom. The van der Waals surface area contributed by atoms with Crippen molar-refractivity contribution in [3.05, 3.63) is 10.6 Å². The lowest BCUT2D eigenvalue weighted by molar-refractivity contribution is -0.129. The van der Waals surface area contributed by atoms with Crippen LogP contribution in [-0.2, 0) is 16.1 Å². The number of carbonyl (C=O) groups excluding carboxylic acids is 1. The zero-order valence-corrected chi connectivity index (χ0v) is 13.8. The molecule has 1 aromatic heterocycles. The van der Waals surface area contributed by atoms with E-state index in [1.54, 1.807) is 0 Å². The van der Waals surface area contributed by atoms with E-state index in [0.717, 1.165) is 25.1 Å². The summed E-state index contributed by atoms with van der Waals surface area (Å²) in [6.45, 7) is 2.73. The molecule has 1 aromatic rings. The maximum atomic E-state index is 12.0. The monoisotopic (exact) mass is 324 g/mol. The molecule has 0 unspecified atom stereocenters. The number of nitrogens with one attached hydrogen (secondary N) is 2. The van der Waals surface area contributed by atoms with Crippen molar-refractivity contribution in [2.24, 2.45) is 5.92 Å². The highest BCUT2D eigenvalue weighted by Crippen LogP contribution is 2.35. The van der Waals surface area contributed by atoms with Crippen molar-refractivity contribution >= 4 is 18.1 Å². The third-order valence-corrected chi connectivity index (χ3v) is 4.88. The summed E-state index contributed by atoms with van der Waals surface area (Å²) in [5.74, 6) is 1.26.